The van der Waals surface area contributed by atoms with E-state index < -0.39 is 0 Å². The molecule has 3 N–H and O–H groups in total. The maximum atomic E-state index is 12.1. The Morgan fingerprint density at radius 1 is 1.21 bits per heavy atom. The Bertz CT molecular complexity index is 1440. The van der Waals surface area contributed by atoms with Gasteiger partial charge in [0.2, 0.25) is 5.91 Å². The number of likely N-dealkylation sites (tertiary alicyclic amines) is 1. The van der Waals surface area contributed by atoms with E-state index in [-0.39, 0.29) is 11.9 Å². The van der Waals surface area contributed by atoms with Crippen molar-refractivity contribution >= 4 is 40.6 Å². The molecule has 1 fully saturated rings. The monoisotopic (exact) mass is 531 g/mol. The van der Waals surface area contributed by atoms with Crippen LogP contribution in [0.5, 0.6) is 0 Å². The number of carbonyl (C=O) groups is 2. The van der Waals surface area contributed by atoms with E-state index >= 15 is 0 Å². The van der Waals surface area contributed by atoms with E-state index in [0.717, 1.165) is 48.9 Å². The van der Waals surface area contributed by atoms with Gasteiger partial charge in [0.05, 0.1) is 16.5 Å². The molecule has 9 nitrogen and oxygen atoms in total. The summed E-state index contributed by atoms with van der Waals surface area (Å²) in [6, 6.07) is 15.2. The SMILES string of the molecule is C=CC(=O)N1CCCC(n2nc(-c3ccc(CNC)cc3)c3c(N)ncnc32)C1.O=Cc1ccccc1Cl. The van der Waals surface area contributed by atoms with Gasteiger partial charge in [0.15, 0.2) is 11.9 Å². The first-order valence-corrected chi connectivity index (χ1v) is 12.7. The molecule has 10 heteroatoms. The molecule has 0 bridgehead atoms. The molecule has 1 unspecified atom stereocenters. The number of piperidine rings is 1. The average Bonchev–Trinajstić information content (AvgIpc) is 3.35. The summed E-state index contributed by atoms with van der Waals surface area (Å²) in [5, 5.41) is 9.30. The molecule has 4 aromatic rings. The Labute approximate surface area is 226 Å². The van der Waals surface area contributed by atoms with Gasteiger partial charge < -0.3 is 16.0 Å². The number of nitrogens with zero attached hydrogens (tertiary/aromatic N) is 5. The van der Waals surface area contributed by atoms with Crippen molar-refractivity contribution in [2.24, 2.45) is 0 Å². The molecule has 1 atom stereocenters. The van der Waals surface area contributed by atoms with Crippen LogP contribution in [0.15, 0.2) is 67.5 Å². The van der Waals surface area contributed by atoms with Crippen LogP contribution in [0, 0.1) is 0 Å². The van der Waals surface area contributed by atoms with Crippen molar-refractivity contribution in [3.8, 4) is 11.3 Å². The lowest BCUT2D eigenvalue weighted by Crippen LogP contribution is -2.40. The molecule has 2 aromatic carbocycles. The number of aldehydes is 1. The molecule has 1 aliphatic heterocycles. The van der Waals surface area contributed by atoms with Crippen molar-refractivity contribution in [3.05, 3.63) is 83.7 Å². The average molecular weight is 532 g/mol. The third kappa shape index (κ3) is 5.90. The van der Waals surface area contributed by atoms with Crippen LogP contribution in [-0.2, 0) is 11.3 Å². The molecular weight excluding hydrogens is 502 g/mol. The van der Waals surface area contributed by atoms with Gasteiger partial charge >= 0.3 is 0 Å². The van der Waals surface area contributed by atoms with Crippen LogP contribution >= 0.6 is 11.6 Å². The minimum atomic E-state index is -0.0550. The number of benzene rings is 2. The summed E-state index contributed by atoms with van der Waals surface area (Å²) in [5.74, 6) is 0.353. The number of anilines is 1. The van der Waals surface area contributed by atoms with Crippen molar-refractivity contribution in [3.63, 3.8) is 0 Å². The van der Waals surface area contributed by atoms with Crippen LogP contribution in [-0.4, -0.2) is 57.0 Å². The maximum absolute atomic E-state index is 12.1. The van der Waals surface area contributed by atoms with E-state index in [1.165, 1.54) is 18.0 Å². The fraction of sp³-hybridized carbons (Fsp3) is 0.250. The summed E-state index contributed by atoms with van der Waals surface area (Å²) in [6.45, 7) is 5.71. The Kier molecular flexibility index (Phi) is 8.83. The van der Waals surface area contributed by atoms with Crippen molar-refractivity contribution in [1.29, 1.82) is 0 Å². The van der Waals surface area contributed by atoms with Gasteiger partial charge in [-0.25, -0.2) is 14.6 Å². The van der Waals surface area contributed by atoms with Crippen molar-refractivity contribution < 1.29 is 9.59 Å². The van der Waals surface area contributed by atoms with E-state index in [9.17, 15) is 9.59 Å². The van der Waals surface area contributed by atoms with E-state index in [4.69, 9.17) is 22.4 Å². The zero-order valence-electron chi connectivity index (χ0n) is 21.2. The van der Waals surface area contributed by atoms with Gasteiger partial charge in [-0.15, -0.1) is 0 Å². The molecule has 0 saturated carbocycles. The van der Waals surface area contributed by atoms with Gasteiger partial charge in [-0.05, 0) is 37.6 Å². The van der Waals surface area contributed by atoms with Crippen molar-refractivity contribution in [2.45, 2.75) is 25.4 Å². The lowest BCUT2D eigenvalue weighted by Gasteiger charge is -2.32. The zero-order chi connectivity index (χ0) is 27.1. The third-order valence-corrected chi connectivity index (χ3v) is 6.73. The molecular formula is C28H30ClN7O2. The number of amides is 1. The number of nitrogens with one attached hydrogen (secondary N) is 1. The number of hydrogen-bond donors (Lipinski definition) is 2. The molecule has 1 saturated heterocycles. The molecule has 38 heavy (non-hydrogen) atoms. The Morgan fingerprint density at radius 3 is 2.63 bits per heavy atom. The molecule has 1 amide bonds. The third-order valence-electron chi connectivity index (χ3n) is 6.39. The molecule has 1 aliphatic rings. The highest BCUT2D eigenvalue weighted by molar-refractivity contribution is 6.32. The quantitative estimate of drug-likeness (QED) is 0.281. The van der Waals surface area contributed by atoms with Crippen LogP contribution in [0.25, 0.3) is 22.3 Å². The highest BCUT2D eigenvalue weighted by Gasteiger charge is 2.27. The van der Waals surface area contributed by atoms with Crippen LogP contribution in [0.4, 0.5) is 5.82 Å². The largest absolute Gasteiger partial charge is 0.383 e. The molecule has 3 heterocycles. The summed E-state index contributed by atoms with van der Waals surface area (Å²) in [4.78, 5) is 32.7. The van der Waals surface area contributed by atoms with Gasteiger partial charge in [0.1, 0.15) is 17.8 Å². The van der Waals surface area contributed by atoms with Crippen LogP contribution in [0.1, 0.15) is 34.8 Å². The Hall–Kier alpha value is -4.08. The van der Waals surface area contributed by atoms with E-state index in [1.807, 2.05) is 28.8 Å². The first-order valence-electron chi connectivity index (χ1n) is 12.3. The molecule has 5 rings (SSSR count). The number of carbonyl (C=O) groups excluding carboxylic acids is 2. The van der Waals surface area contributed by atoms with Crippen molar-refractivity contribution in [1.82, 2.24) is 30.0 Å². The summed E-state index contributed by atoms with van der Waals surface area (Å²) >= 11 is 5.59. The molecule has 0 radical (unpaired) electrons. The summed E-state index contributed by atoms with van der Waals surface area (Å²) in [5.41, 5.74) is 10.4. The summed E-state index contributed by atoms with van der Waals surface area (Å²) in [7, 11) is 1.92. The Balaban J connectivity index is 0.000000317. The molecule has 196 valence electrons. The minimum absolute atomic E-state index is 0.0294. The smallest absolute Gasteiger partial charge is 0.246 e. The fourth-order valence-electron chi connectivity index (χ4n) is 4.49. The van der Waals surface area contributed by atoms with Gasteiger partial charge in [-0.1, -0.05) is 60.6 Å². The Morgan fingerprint density at radius 2 is 1.97 bits per heavy atom. The van der Waals surface area contributed by atoms with E-state index in [2.05, 4.69) is 34.0 Å². The number of hydrogen-bond acceptors (Lipinski definition) is 7. The zero-order valence-corrected chi connectivity index (χ0v) is 21.9. The normalized spacial score (nSPS) is 15.0. The number of nitrogens with two attached hydrogens (primary N) is 1. The van der Waals surface area contributed by atoms with Crippen LogP contribution in [0.2, 0.25) is 5.02 Å². The van der Waals surface area contributed by atoms with E-state index in [0.29, 0.717) is 28.6 Å². The highest BCUT2D eigenvalue weighted by atomic mass is 35.5. The first kappa shape index (κ1) is 27.0. The standard InChI is InChI=1S/C21H25N7O.C7H5ClO/c1-3-17(29)27-10-4-5-16(12-27)28-21-18(20(22)24-13-25-21)19(26-28)15-8-6-14(7-9-15)11-23-2;8-7-4-2-1-3-6(7)5-9/h3,6-9,13,16,23H,1,4-5,10-12H2,2H3,(H2,22,24,25);1-5H. The predicted octanol–water partition coefficient (Wildman–Crippen LogP) is 4.30. The van der Waals surface area contributed by atoms with E-state index in [1.54, 1.807) is 24.3 Å². The number of aromatic nitrogens is 4. The van der Waals surface area contributed by atoms with Gasteiger partial charge in [0.25, 0.3) is 0 Å². The van der Waals surface area contributed by atoms with Gasteiger partial charge in [-0.2, -0.15) is 5.10 Å². The lowest BCUT2D eigenvalue weighted by atomic mass is 10.1. The molecule has 0 aliphatic carbocycles. The van der Waals surface area contributed by atoms with Crippen molar-refractivity contribution in [2.75, 3.05) is 25.9 Å². The maximum Gasteiger partial charge on any atom is 0.246 e. The topological polar surface area (TPSA) is 119 Å². The summed E-state index contributed by atoms with van der Waals surface area (Å²) in [6.07, 6.45) is 5.39. The minimum Gasteiger partial charge on any atom is -0.383 e. The predicted molar refractivity (Wildman–Crippen MR) is 150 cm³/mol. The lowest BCUT2D eigenvalue weighted by molar-refractivity contribution is -0.127. The number of halogens is 1. The second-order valence-corrected chi connectivity index (χ2v) is 9.31. The van der Waals surface area contributed by atoms with Crippen LogP contribution in [0.3, 0.4) is 0 Å². The number of nitrogen functional groups attached to an aromatic ring is 1. The fourth-order valence-corrected chi connectivity index (χ4v) is 4.67. The van der Waals surface area contributed by atoms with Gasteiger partial charge in [0, 0.05) is 30.8 Å². The first-order chi connectivity index (χ1) is 18.5. The molecule has 0 spiro atoms. The summed E-state index contributed by atoms with van der Waals surface area (Å²) < 4.78 is 1.91. The second-order valence-electron chi connectivity index (χ2n) is 8.90. The second kappa shape index (κ2) is 12.4. The highest BCUT2D eigenvalue weighted by Crippen LogP contribution is 2.33. The number of fused-ring (bicyclic) bond motifs is 1. The number of rotatable bonds is 6. The van der Waals surface area contributed by atoms with Gasteiger partial charge in [-0.3, -0.25) is 9.59 Å². The van der Waals surface area contributed by atoms with Crippen LogP contribution < -0.4 is 11.1 Å². The molecule has 2 aromatic heterocycles.